The quantitative estimate of drug-likeness (QED) is 0.287. The first-order valence-corrected chi connectivity index (χ1v) is 15.5. The van der Waals surface area contributed by atoms with Gasteiger partial charge in [-0.25, -0.2) is 8.42 Å². The van der Waals surface area contributed by atoms with Crippen LogP contribution in [0.15, 0.2) is 60.7 Å². The van der Waals surface area contributed by atoms with E-state index in [4.69, 9.17) is 15.2 Å². The summed E-state index contributed by atoms with van der Waals surface area (Å²) in [5.41, 5.74) is 2.45. The number of nitrogens with zero attached hydrogens (tertiary/aromatic N) is 2. The van der Waals surface area contributed by atoms with Crippen LogP contribution in [0.25, 0.3) is 0 Å². The van der Waals surface area contributed by atoms with E-state index >= 15 is 0 Å². The third-order valence-corrected chi connectivity index (χ3v) is 7.18. The molecule has 0 saturated heterocycles. The molecule has 2 aromatic carbocycles. The maximum absolute atomic E-state index is 10.8. The number of benzene rings is 2. The molecule has 2 rings (SSSR count). The second-order valence-electron chi connectivity index (χ2n) is 7.94. The Bertz CT molecular complexity index is 921. The molecule has 1 N–H and O–H groups in total. The molecule has 0 radical (unpaired) electrons. The fraction of sp³-hybridized carbons (Fsp3) is 0.500. The molecule has 192 valence electrons. The predicted molar refractivity (Wildman–Crippen MR) is 140 cm³/mol. The van der Waals surface area contributed by atoms with Gasteiger partial charge in [0.25, 0.3) is 10.1 Å². The molecule has 0 amide bonds. The van der Waals surface area contributed by atoms with Gasteiger partial charge in [-0.15, -0.1) is 0 Å². The number of hydrogen-bond acceptors (Lipinski definition) is 6. The number of rotatable bonds is 14. The molecule has 0 unspecified atom stereocenters. The Morgan fingerprint density at radius 2 is 1.09 bits per heavy atom. The lowest BCUT2D eigenvalue weighted by Gasteiger charge is -2.19. The Morgan fingerprint density at radius 1 is 0.706 bits per heavy atom. The van der Waals surface area contributed by atoms with Crippen molar-refractivity contribution in [3.05, 3.63) is 71.8 Å². The Labute approximate surface area is 209 Å². The second-order valence-corrected chi connectivity index (χ2v) is 12.4. The van der Waals surface area contributed by atoms with Crippen LogP contribution in [0.3, 0.4) is 0 Å². The Hall–Kier alpha value is -1.49. The molecule has 7 nitrogen and oxygen atoms in total. The van der Waals surface area contributed by atoms with E-state index < -0.39 is 19.2 Å². The summed E-state index contributed by atoms with van der Waals surface area (Å²) in [6.07, 6.45) is 1.03. The van der Waals surface area contributed by atoms with Crippen LogP contribution in [-0.2, 0) is 32.3 Å². The average Bonchev–Trinajstić information content (AvgIpc) is 2.78. The molecule has 34 heavy (non-hydrogen) atoms. The minimum atomic E-state index is -3.83. The topological polar surface area (TPSA) is 95.0 Å². The second kappa shape index (κ2) is 16.2. The molecular weight excluding hydrogens is 496 g/mol. The minimum absolute atomic E-state index is 0.0415. The molecule has 0 aliphatic heterocycles. The van der Waals surface area contributed by atoms with Gasteiger partial charge in [0.2, 0.25) is 9.05 Å². The zero-order chi connectivity index (χ0) is 25.5. The molecular formula is C24H37ClN2O5S2. The molecule has 0 aliphatic carbocycles. The highest BCUT2D eigenvalue weighted by Crippen LogP contribution is 2.07. The van der Waals surface area contributed by atoms with Gasteiger partial charge in [-0.05, 0) is 50.1 Å². The van der Waals surface area contributed by atoms with Crippen LogP contribution in [0.4, 0.5) is 0 Å². The largest absolute Gasteiger partial charge is 0.299 e. The number of hydrogen-bond donors (Lipinski definition) is 1. The molecule has 2 aromatic rings. The third kappa shape index (κ3) is 16.2. The third-order valence-electron chi connectivity index (χ3n) is 5.13. The van der Waals surface area contributed by atoms with Crippen molar-refractivity contribution in [2.45, 2.75) is 39.8 Å². The van der Waals surface area contributed by atoms with Gasteiger partial charge in [-0.2, -0.15) is 8.42 Å². The molecule has 0 saturated carbocycles. The van der Waals surface area contributed by atoms with Crippen molar-refractivity contribution in [1.29, 1.82) is 0 Å². The highest BCUT2D eigenvalue weighted by Gasteiger charge is 2.09. The summed E-state index contributed by atoms with van der Waals surface area (Å²) in [6.45, 7) is 8.94. The molecule has 0 spiro atoms. The van der Waals surface area contributed by atoms with Gasteiger partial charge in [-0.3, -0.25) is 14.4 Å². The van der Waals surface area contributed by atoms with Gasteiger partial charge in [0.05, 0.1) is 11.5 Å². The Morgan fingerprint density at radius 3 is 1.41 bits per heavy atom. The van der Waals surface area contributed by atoms with Gasteiger partial charge in [0, 0.05) is 23.8 Å². The molecule has 0 bridgehead atoms. The standard InChI is InChI=1S/C12H18ClNO2S.C12H19NO3S/c1-2-14(9-6-10-17(13,15)16)11-12-7-4-3-5-8-12;1-2-13(9-6-10-17(14,15)16)11-12-7-4-3-5-8-12/h3-5,7-8H,2,6,9-11H2,1H3;3-5,7-8H,2,6,9-11H2,1H3,(H,14,15,16). The summed E-state index contributed by atoms with van der Waals surface area (Å²) in [7, 11) is -2.01. The highest BCUT2D eigenvalue weighted by molar-refractivity contribution is 8.13. The monoisotopic (exact) mass is 532 g/mol. The van der Waals surface area contributed by atoms with Gasteiger partial charge in [0.15, 0.2) is 0 Å². The first kappa shape index (κ1) is 30.5. The Kier molecular flexibility index (Phi) is 14.6. The van der Waals surface area contributed by atoms with Crippen molar-refractivity contribution < 1.29 is 21.4 Å². The average molecular weight is 533 g/mol. The van der Waals surface area contributed by atoms with Gasteiger partial charge >= 0.3 is 0 Å². The van der Waals surface area contributed by atoms with Crippen molar-refractivity contribution in [2.24, 2.45) is 0 Å². The summed E-state index contributed by atoms with van der Waals surface area (Å²) in [6, 6.07) is 20.2. The minimum Gasteiger partial charge on any atom is -0.299 e. The molecule has 0 fully saturated rings. The first-order valence-electron chi connectivity index (χ1n) is 11.4. The summed E-state index contributed by atoms with van der Waals surface area (Å²) < 4.78 is 51.5. The lowest BCUT2D eigenvalue weighted by molar-refractivity contribution is 0.280. The first-order chi connectivity index (χ1) is 16.0. The van der Waals surface area contributed by atoms with E-state index in [1.165, 1.54) is 11.1 Å². The highest BCUT2D eigenvalue weighted by atomic mass is 35.7. The van der Waals surface area contributed by atoms with Crippen molar-refractivity contribution >= 4 is 29.9 Å². The van der Waals surface area contributed by atoms with E-state index in [0.29, 0.717) is 19.4 Å². The van der Waals surface area contributed by atoms with Crippen LogP contribution in [0.1, 0.15) is 37.8 Å². The maximum Gasteiger partial charge on any atom is 0.264 e. The van der Waals surface area contributed by atoms with E-state index in [9.17, 15) is 16.8 Å². The maximum atomic E-state index is 10.8. The van der Waals surface area contributed by atoms with E-state index in [2.05, 4.69) is 28.9 Å². The van der Waals surface area contributed by atoms with Crippen LogP contribution in [-0.4, -0.2) is 68.9 Å². The van der Waals surface area contributed by atoms with Crippen LogP contribution >= 0.6 is 10.7 Å². The summed E-state index contributed by atoms with van der Waals surface area (Å²) in [5.74, 6) is -0.127. The summed E-state index contributed by atoms with van der Waals surface area (Å²) in [5, 5.41) is 0. The van der Waals surface area contributed by atoms with Crippen LogP contribution in [0, 0.1) is 0 Å². The number of halogens is 1. The molecule has 0 aromatic heterocycles. The van der Waals surface area contributed by atoms with Gasteiger partial charge in [-0.1, -0.05) is 74.5 Å². The molecule has 0 heterocycles. The lowest BCUT2D eigenvalue weighted by atomic mass is 10.2. The van der Waals surface area contributed by atoms with Crippen molar-refractivity contribution in [3.63, 3.8) is 0 Å². The summed E-state index contributed by atoms with van der Waals surface area (Å²) in [4.78, 5) is 4.36. The lowest BCUT2D eigenvalue weighted by Crippen LogP contribution is -2.25. The van der Waals surface area contributed by atoms with Crippen LogP contribution in [0.5, 0.6) is 0 Å². The zero-order valence-corrected chi connectivity index (χ0v) is 22.4. The van der Waals surface area contributed by atoms with Crippen molar-refractivity contribution in [3.8, 4) is 0 Å². The molecule has 10 heteroatoms. The van der Waals surface area contributed by atoms with Crippen LogP contribution < -0.4 is 0 Å². The smallest absolute Gasteiger partial charge is 0.264 e. The van der Waals surface area contributed by atoms with Crippen LogP contribution in [0.2, 0.25) is 0 Å². The predicted octanol–water partition coefficient (Wildman–Crippen LogP) is 4.25. The van der Waals surface area contributed by atoms with E-state index in [0.717, 1.165) is 32.7 Å². The van der Waals surface area contributed by atoms with Crippen molar-refractivity contribution in [2.75, 3.05) is 37.7 Å². The Balaban J connectivity index is 0.000000340. The SMILES string of the molecule is CCN(CCCS(=O)(=O)Cl)Cc1ccccc1.CCN(CCCS(=O)(=O)O)Cc1ccccc1. The van der Waals surface area contributed by atoms with Crippen molar-refractivity contribution in [1.82, 2.24) is 9.80 Å². The van der Waals surface area contributed by atoms with E-state index in [1.807, 2.05) is 55.5 Å². The normalized spacial score (nSPS) is 11.9. The molecule has 0 aliphatic rings. The fourth-order valence-corrected chi connectivity index (χ4v) is 4.61. The fourth-order valence-electron chi connectivity index (χ4n) is 3.31. The van der Waals surface area contributed by atoms with E-state index in [1.54, 1.807) is 0 Å². The molecule has 0 atom stereocenters. The van der Waals surface area contributed by atoms with Gasteiger partial charge < -0.3 is 0 Å². The van der Waals surface area contributed by atoms with Gasteiger partial charge in [0.1, 0.15) is 0 Å². The zero-order valence-electron chi connectivity index (χ0n) is 20.0. The summed E-state index contributed by atoms with van der Waals surface area (Å²) >= 11 is 0. The van der Waals surface area contributed by atoms with E-state index in [-0.39, 0.29) is 11.5 Å².